The summed E-state index contributed by atoms with van der Waals surface area (Å²) in [6.45, 7) is 6.41. The Labute approximate surface area is 215 Å². The first-order chi connectivity index (χ1) is 17.6. The predicted octanol–water partition coefficient (Wildman–Crippen LogP) is 5.20. The third-order valence-electron chi connectivity index (χ3n) is 6.62. The molecule has 1 aliphatic carbocycles. The van der Waals surface area contributed by atoms with Crippen molar-refractivity contribution in [2.24, 2.45) is 5.92 Å². The molecule has 0 bridgehead atoms. The van der Waals surface area contributed by atoms with E-state index in [4.69, 9.17) is 14.2 Å². The van der Waals surface area contributed by atoms with Gasteiger partial charge in [0.15, 0.2) is 0 Å². The molecule has 2 aromatic rings. The van der Waals surface area contributed by atoms with Gasteiger partial charge in [0, 0.05) is 37.5 Å². The predicted molar refractivity (Wildman–Crippen MR) is 133 cm³/mol. The number of benzene rings is 1. The fraction of sp³-hybridized carbons (Fsp3) is 0.556. The molecule has 1 amide bonds. The number of ether oxygens (including phenoxy) is 3. The number of rotatable bonds is 11. The van der Waals surface area contributed by atoms with Crippen molar-refractivity contribution in [3.8, 4) is 11.5 Å². The van der Waals surface area contributed by atoms with Crippen LogP contribution in [0.15, 0.2) is 42.6 Å². The Morgan fingerprint density at radius 3 is 2.62 bits per heavy atom. The highest BCUT2D eigenvalue weighted by Gasteiger charge is 2.32. The van der Waals surface area contributed by atoms with E-state index in [-0.39, 0.29) is 24.3 Å². The number of hydrogen-bond donors (Lipinski definition) is 1. The first-order valence-corrected chi connectivity index (χ1v) is 12.6. The molecule has 1 aliphatic heterocycles. The maximum Gasteiger partial charge on any atom is 0.433 e. The van der Waals surface area contributed by atoms with Crippen LogP contribution >= 0.6 is 0 Å². The lowest BCUT2D eigenvalue weighted by Crippen LogP contribution is -2.42. The zero-order valence-corrected chi connectivity index (χ0v) is 21.2. The summed E-state index contributed by atoms with van der Waals surface area (Å²) in [4.78, 5) is 18.0. The van der Waals surface area contributed by atoms with Crippen molar-refractivity contribution in [1.82, 2.24) is 10.3 Å². The van der Waals surface area contributed by atoms with Gasteiger partial charge in [-0.2, -0.15) is 13.2 Å². The van der Waals surface area contributed by atoms with Crippen LogP contribution in [-0.4, -0.2) is 55.4 Å². The average molecular weight is 522 g/mol. The smallest absolute Gasteiger partial charge is 0.433 e. The lowest BCUT2D eigenvalue weighted by atomic mass is 9.86. The molecule has 0 unspecified atom stereocenters. The normalized spacial score (nSPS) is 18.5. The zero-order valence-electron chi connectivity index (χ0n) is 21.2. The summed E-state index contributed by atoms with van der Waals surface area (Å²) in [6.07, 6.45) is 1.10. The first kappa shape index (κ1) is 27.2. The van der Waals surface area contributed by atoms with E-state index in [2.05, 4.69) is 15.2 Å². The molecule has 1 aromatic heterocycles. The van der Waals surface area contributed by atoms with Crippen molar-refractivity contribution in [2.75, 3.05) is 37.8 Å². The van der Waals surface area contributed by atoms with Gasteiger partial charge in [0.1, 0.15) is 23.8 Å². The van der Waals surface area contributed by atoms with Crippen LogP contribution in [0.3, 0.4) is 0 Å². The Kier molecular flexibility index (Phi) is 8.59. The summed E-state index contributed by atoms with van der Waals surface area (Å²) < 4.78 is 55.4. The largest absolute Gasteiger partial charge is 0.456 e. The molecule has 37 heavy (non-hydrogen) atoms. The van der Waals surface area contributed by atoms with Gasteiger partial charge in [-0.05, 0) is 63.3 Å². The van der Waals surface area contributed by atoms with Crippen LogP contribution in [0, 0.1) is 5.92 Å². The molecule has 1 N–H and O–H groups in total. The molecule has 10 heteroatoms. The lowest BCUT2D eigenvalue weighted by molar-refractivity contribution is -0.141. The lowest BCUT2D eigenvalue weighted by Gasteiger charge is -2.29. The van der Waals surface area contributed by atoms with Gasteiger partial charge >= 0.3 is 6.18 Å². The third-order valence-corrected chi connectivity index (χ3v) is 6.62. The SMILES string of the molecule is CC(C)(COCC1CCC1)OCC(=O)N[C@H]1CCN(c2cccc(Oc3ccc(C(F)(F)F)nc3)c2)C1. The molecule has 4 rings (SSSR count). The van der Waals surface area contributed by atoms with Crippen LogP contribution in [0.4, 0.5) is 18.9 Å². The van der Waals surface area contributed by atoms with Crippen molar-refractivity contribution >= 4 is 11.6 Å². The minimum Gasteiger partial charge on any atom is -0.456 e. The number of aromatic nitrogens is 1. The summed E-state index contributed by atoms with van der Waals surface area (Å²) in [5.41, 5.74) is -0.605. The van der Waals surface area contributed by atoms with Crippen LogP contribution in [0.5, 0.6) is 11.5 Å². The molecule has 0 radical (unpaired) electrons. The van der Waals surface area contributed by atoms with Crippen LogP contribution in [0.25, 0.3) is 0 Å². The highest BCUT2D eigenvalue weighted by molar-refractivity contribution is 5.77. The monoisotopic (exact) mass is 521 g/mol. The van der Waals surface area contributed by atoms with E-state index in [1.165, 1.54) is 25.3 Å². The van der Waals surface area contributed by atoms with E-state index < -0.39 is 17.5 Å². The minimum absolute atomic E-state index is 0.0160. The molecular formula is C27H34F3N3O4. The molecular weight excluding hydrogens is 487 g/mol. The Balaban J connectivity index is 1.22. The van der Waals surface area contributed by atoms with Crippen LogP contribution in [0.2, 0.25) is 0 Å². The molecule has 0 spiro atoms. The highest BCUT2D eigenvalue weighted by Crippen LogP contribution is 2.31. The van der Waals surface area contributed by atoms with E-state index in [9.17, 15) is 18.0 Å². The average Bonchev–Trinajstić information content (AvgIpc) is 3.28. The summed E-state index contributed by atoms with van der Waals surface area (Å²) in [6, 6.07) is 9.41. The van der Waals surface area contributed by atoms with Gasteiger partial charge in [-0.25, -0.2) is 4.98 Å². The molecule has 1 saturated heterocycles. The fourth-order valence-corrected chi connectivity index (χ4v) is 4.30. The van der Waals surface area contributed by atoms with Crippen molar-refractivity contribution in [2.45, 2.75) is 57.3 Å². The number of alkyl halides is 3. The Morgan fingerprint density at radius 2 is 1.95 bits per heavy atom. The summed E-state index contributed by atoms with van der Waals surface area (Å²) in [7, 11) is 0. The molecule has 2 aliphatic rings. The van der Waals surface area contributed by atoms with Crippen LogP contribution in [-0.2, 0) is 20.4 Å². The number of hydrogen-bond acceptors (Lipinski definition) is 6. The Hall–Kier alpha value is -2.85. The second-order valence-corrected chi connectivity index (χ2v) is 10.3. The summed E-state index contributed by atoms with van der Waals surface area (Å²) >= 11 is 0. The first-order valence-electron chi connectivity index (χ1n) is 12.6. The van der Waals surface area contributed by atoms with E-state index in [1.807, 2.05) is 32.0 Å². The van der Waals surface area contributed by atoms with Gasteiger partial charge < -0.3 is 24.4 Å². The maximum absolute atomic E-state index is 12.7. The van der Waals surface area contributed by atoms with Gasteiger partial charge in [0.2, 0.25) is 5.91 Å². The number of amides is 1. The number of halogens is 3. The van der Waals surface area contributed by atoms with Crippen LogP contribution < -0.4 is 15.0 Å². The molecule has 7 nitrogen and oxygen atoms in total. The van der Waals surface area contributed by atoms with Crippen molar-refractivity contribution < 1.29 is 32.2 Å². The third kappa shape index (κ3) is 8.07. The standard InChI is InChI=1S/C27H34F3N3O4/c1-26(2,18-35-16-19-5-3-6-19)36-17-25(34)32-20-11-12-33(15-20)21-7-4-8-22(13-21)37-23-9-10-24(31-14-23)27(28,29)30/h4,7-10,13-14,19-20H,3,5-6,11-12,15-18H2,1-2H3,(H,32,34)/t20-/m0/s1. The molecule has 1 saturated carbocycles. The Bertz CT molecular complexity index is 1040. The highest BCUT2D eigenvalue weighted by atomic mass is 19.4. The van der Waals surface area contributed by atoms with E-state index >= 15 is 0 Å². The van der Waals surface area contributed by atoms with Gasteiger partial charge in [-0.1, -0.05) is 12.5 Å². The van der Waals surface area contributed by atoms with Gasteiger partial charge in [-0.3, -0.25) is 4.79 Å². The number of nitrogens with one attached hydrogen (secondary N) is 1. The second kappa shape index (κ2) is 11.7. The fourth-order valence-electron chi connectivity index (χ4n) is 4.30. The molecule has 2 fully saturated rings. The van der Waals surface area contributed by atoms with Gasteiger partial charge in [0.25, 0.3) is 0 Å². The maximum atomic E-state index is 12.7. The van der Waals surface area contributed by atoms with Crippen molar-refractivity contribution in [3.05, 3.63) is 48.3 Å². The zero-order chi connectivity index (χ0) is 26.5. The van der Waals surface area contributed by atoms with E-state index in [0.29, 0.717) is 24.8 Å². The van der Waals surface area contributed by atoms with Crippen molar-refractivity contribution in [1.29, 1.82) is 0 Å². The second-order valence-electron chi connectivity index (χ2n) is 10.3. The molecule has 1 atom stereocenters. The number of carbonyl (C=O) groups excluding carboxylic acids is 1. The van der Waals surface area contributed by atoms with Crippen molar-refractivity contribution in [3.63, 3.8) is 0 Å². The number of carbonyl (C=O) groups is 1. The topological polar surface area (TPSA) is 72.9 Å². The van der Waals surface area contributed by atoms with Gasteiger partial charge in [-0.15, -0.1) is 0 Å². The van der Waals surface area contributed by atoms with Gasteiger partial charge in [0.05, 0.1) is 18.4 Å². The van der Waals surface area contributed by atoms with E-state index in [1.54, 1.807) is 6.07 Å². The minimum atomic E-state index is -4.49. The molecule has 202 valence electrons. The Morgan fingerprint density at radius 1 is 1.14 bits per heavy atom. The quantitative estimate of drug-likeness (QED) is 0.438. The van der Waals surface area contributed by atoms with Crippen LogP contribution in [0.1, 0.15) is 45.2 Å². The molecule has 1 aromatic carbocycles. The molecule has 2 heterocycles. The number of nitrogens with zero attached hydrogens (tertiary/aromatic N) is 2. The number of pyridine rings is 1. The summed E-state index contributed by atoms with van der Waals surface area (Å²) in [5.74, 6) is 1.21. The summed E-state index contributed by atoms with van der Waals surface area (Å²) in [5, 5.41) is 3.04. The van der Waals surface area contributed by atoms with E-state index in [0.717, 1.165) is 37.5 Å². The number of anilines is 1.